The molecule has 3 aromatic rings. The number of rotatable bonds is 6. The van der Waals surface area contributed by atoms with Gasteiger partial charge in [0, 0.05) is 10.6 Å². The Morgan fingerprint density at radius 1 is 1.08 bits per heavy atom. The molecule has 1 heterocycles. The van der Waals surface area contributed by atoms with Crippen LogP contribution in [-0.2, 0) is 4.79 Å². The lowest BCUT2D eigenvalue weighted by atomic mass is 10.1. The summed E-state index contributed by atoms with van der Waals surface area (Å²) in [4.78, 5) is 13.5. The number of carbonyl (C=O) groups excluding carboxylic acids is 1. The van der Waals surface area contributed by atoms with Crippen LogP contribution in [-0.4, -0.2) is 12.5 Å². The molecular weight excluding hydrogens is 347 g/mol. The van der Waals surface area contributed by atoms with E-state index in [-0.39, 0.29) is 24.3 Å². The quantitative estimate of drug-likeness (QED) is 0.655. The van der Waals surface area contributed by atoms with Gasteiger partial charge >= 0.3 is 0 Å². The van der Waals surface area contributed by atoms with E-state index in [1.165, 1.54) is 12.1 Å². The third-order valence-corrected chi connectivity index (χ3v) is 5.31. The van der Waals surface area contributed by atoms with Gasteiger partial charge < -0.3 is 5.32 Å². The topological polar surface area (TPSA) is 41.1 Å². The SMILES string of the molecule is Cc1cccc(NC(=O)CNC(c2ccc(F)cc2)c2cccs2)c1C. The van der Waals surface area contributed by atoms with Crippen molar-refractivity contribution < 1.29 is 9.18 Å². The highest BCUT2D eigenvalue weighted by molar-refractivity contribution is 7.10. The second-order valence-corrected chi connectivity index (χ2v) is 7.16. The summed E-state index contributed by atoms with van der Waals surface area (Å²) in [5.74, 6) is -0.381. The number of hydrogen-bond donors (Lipinski definition) is 2. The largest absolute Gasteiger partial charge is 0.325 e. The second kappa shape index (κ2) is 8.25. The summed E-state index contributed by atoms with van der Waals surface area (Å²) >= 11 is 1.60. The van der Waals surface area contributed by atoms with E-state index in [1.807, 2.05) is 49.6 Å². The molecule has 2 N–H and O–H groups in total. The highest BCUT2D eigenvalue weighted by atomic mass is 32.1. The Balaban J connectivity index is 1.70. The van der Waals surface area contributed by atoms with E-state index in [1.54, 1.807) is 23.5 Å². The summed E-state index contributed by atoms with van der Waals surface area (Å²) in [6.45, 7) is 4.17. The molecule has 0 aliphatic heterocycles. The molecule has 0 bridgehead atoms. The van der Waals surface area contributed by atoms with Crippen molar-refractivity contribution in [1.29, 1.82) is 0 Å². The number of nitrogens with one attached hydrogen (secondary N) is 2. The number of aryl methyl sites for hydroxylation is 1. The second-order valence-electron chi connectivity index (χ2n) is 6.18. The van der Waals surface area contributed by atoms with Gasteiger partial charge in [0.2, 0.25) is 5.91 Å². The zero-order valence-corrected chi connectivity index (χ0v) is 15.6. The van der Waals surface area contributed by atoms with Gasteiger partial charge in [-0.15, -0.1) is 11.3 Å². The van der Waals surface area contributed by atoms with Gasteiger partial charge in [0.15, 0.2) is 0 Å². The summed E-state index contributed by atoms with van der Waals surface area (Å²) in [5, 5.41) is 8.23. The molecule has 26 heavy (non-hydrogen) atoms. The minimum atomic E-state index is -0.272. The average Bonchev–Trinajstić information content (AvgIpc) is 3.15. The lowest BCUT2D eigenvalue weighted by Gasteiger charge is -2.18. The zero-order chi connectivity index (χ0) is 18.5. The van der Waals surface area contributed by atoms with Gasteiger partial charge in [-0.2, -0.15) is 0 Å². The minimum absolute atomic E-state index is 0.109. The van der Waals surface area contributed by atoms with Crippen LogP contribution in [0.3, 0.4) is 0 Å². The summed E-state index contributed by atoms with van der Waals surface area (Å²) in [5.41, 5.74) is 3.95. The van der Waals surface area contributed by atoms with Gasteiger partial charge in [-0.1, -0.05) is 30.3 Å². The molecule has 0 fully saturated rings. The van der Waals surface area contributed by atoms with E-state index >= 15 is 0 Å². The molecule has 134 valence electrons. The highest BCUT2D eigenvalue weighted by Crippen LogP contribution is 2.26. The molecule has 3 nitrogen and oxygen atoms in total. The zero-order valence-electron chi connectivity index (χ0n) is 14.8. The van der Waals surface area contributed by atoms with Crippen LogP contribution in [0.4, 0.5) is 10.1 Å². The first-order valence-electron chi connectivity index (χ1n) is 8.43. The predicted octanol–water partition coefficient (Wildman–Crippen LogP) is 4.82. The number of hydrogen-bond acceptors (Lipinski definition) is 3. The number of thiophene rings is 1. The van der Waals surface area contributed by atoms with Crippen LogP contribution in [0.15, 0.2) is 60.0 Å². The van der Waals surface area contributed by atoms with Crippen LogP contribution in [0.2, 0.25) is 0 Å². The molecule has 5 heteroatoms. The molecule has 0 aliphatic rings. The smallest absolute Gasteiger partial charge is 0.238 e. The standard InChI is InChI=1S/C21H21FN2OS/c1-14-5-3-6-18(15(14)2)24-20(25)13-23-21(19-7-4-12-26-19)16-8-10-17(22)11-9-16/h3-12,21,23H,13H2,1-2H3,(H,24,25). The van der Waals surface area contributed by atoms with Crippen molar-refractivity contribution in [1.82, 2.24) is 5.32 Å². The fourth-order valence-corrected chi connectivity index (χ4v) is 3.60. The van der Waals surface area contributed by atoms with Crippen LogP contribution < -0.4 is 10.6 Å². The lowest BCUT2D eigenvalue weighted by Crippen LogP contribution is -2.31. The molecule has 1 amide bonds. The van der Waals surface area contributed by atoms with Crippen LogP contribution >= 0.6 is 11.3 Å². The first-order chi connectivity index (χ1) is 12.5. The molecule has 1 atom stereocenters. The third-order valence-electron chi connectivity index (χ3n) is 4.38. The van der Waals surface area contributed by atoms with Gasteiger partial charge in [-0.25, -0.2) is 4.39 Å². The van der Waals surface area contributed by atoms with Crippen molar-refractivity contribution in [2.45, 2.75) is 19.9 Å². The number of benzene rings is 2. The van der Waals surface area contributed by atoms with E-state index in [9.17, 15) is 9.18 Å². The normalized spacial score (nSPS) is 12.0. The van der Waals surface area contributed by atoms with Crippen molar-refractivity contribution in [3.05, 3.63) is 87.4 Å². The van der Waals surface area contributed by atoms with Gasteiger partial charge in [-0.3, -0.25) is 10.1 Å². The Kier molecular flexibility index (Phi) is 5.81. The number of amides is 1. The van der Waals surface area contributed by atoms with Crippen molar-refractivity contribution in [2.24, 2.45) is 0 Å². The maximum Gasteiger partial charge on any atom is 0.238 e. The van der Waals surface area contributed by atoms with E-state index in [0.29, 0.717) is 0 Å². The first-order valence-corrected chi connectivity index (χ1v) is 9.31. The Labute approximate surface area is 156 Å². The first kappa shape index (κ1) is 18.3. The van der Waals surface area contributed by atoms with Crippen LogP contribution in [0, 0.1) is 19.7 Å². The Morgan fingerprint density at radius 2 is 1.85 bits per heavy atom. The Morgan fingerprint density at radius 3 is 2.54 bits per heavy atom. The fourth-order valence-electron chi connectivity index (χ4n) is 2.77. The molecular formula is C21H21FN2OS. The number of anilines is 1. The van der Waals surface area contributed by atoms with Crippen LogP contribution in [0.25, 0.3) is 0 Å². The monoisotopic (exact) mass is 368 g/mol. The number of halogens is 1. The predicted molar refractivity (Wildman–Crippen MR) is 105 cm³/mol. The molecule has 0 radical (unpaired) electrons. The van der Waals surface area contributed by atoms with Gasteiger partial charge in [0.05, 0.1) is 12.6 Å². The molecule has 1 aromatic heterocycles. The van der Waals surface area contributed by atoms with E-state index in [0.717, 1.165) is 27.3 Å². The fraction of sp³-hybridized carbons (Fsp3) is 0.190. The molecule has 3 rings (SSSR count). The van der Waals surface area contributed by atoms with Gasteiger partial charge in [-0.05, 0) is 60.2 Å². The molecule has 0 saturated heterocycles. The van der Waals surface area contributed by atoms with Crippen molar-refractivity contribution >= 4 is 22.9 Å². The summed E-state index contributed by atoms with van der Waals surface area (Å²) in [7, 11) is 0. The van der Waals surface area contributed by atoms with Crippen molar-refractivity contribution in [3.8, 4) is 0 Å². The molecule has 2 aromatic carbocycles. The molecule has 0 aliphatic carbocycles. The summed E-state index contributed by atoms with van der Waals surface area (Å²) in [6.07, 6.45) is 0. The van der Waals surface area contributed by atoms with E-state index in [4.69, 9.17) is 0 Å². The molecule has 1 unspecified atom stereocenters. The van der Waals surface area contributed by atoms with Crippen molar-refractivity contribution in [3.63, 3.8) is 0 Å². The minimum Gasteiger partial charge on any atom is -0.325 e. The maximum absolute atomic E-state index is 13.2. The molecule has 0 spiro atoms. The van der Waals surface area contributed by atoms with Gasteiger partial charge in [0.1, 0.15) is 5.82 Å². The Bertz CT molecular complexity index is 876. The summed E-state index contributed by atoms with van der Waals surface area (Å²) < 4.78 is 13.2. The summed E-state index contributed by atoms with van der Waals surface area (Å²) in [6, 6.07) is 16.0. The third kappa shape index (κ3) is 4.36. The average molecular weight is 368 g/mol. The van der Waals surface area contributed by atoms with E-state index < -0.39 is 0 Å². The van der Waals surface area contributed by atoms with Gasteiger partial charge in [0.25, 0.3) is 0 Å². The highest BCUT2D eigenvalue weighted by Gasteiger charge is 2.16. The van der Waals surface area contributed by atoms with Crippen LogP contribution in [0.5, 0.6) is 0 Å². The lowest BCUT2D eigenvalue weighted by molar-refractivity contribution is -0.115. The maximum atomic E-state index is 13.2. The van der Waals surface area contributed by atoms with Crippen molar-refractivity contribution in [2.75, 3.05) is 11.9 Å². The van der Waals surface area contributed by atoms with E-state index in [2.05, 4.69) is 10.6 Å². The number of carbonyl (C=O) groups is 1. The van der Waals surface area contributed by atoms with Crippen LogP contribution in [0.1, 0.15) is 27.6 Å². The Hall–Kier alpha value is -2.50. The molecule has 0 saturated carbocycles.